The fraction of sp³-hybridized carbons (Fsp3) is 0.250. The molecule has 4 rings (SSSR count). The van der Waals surface area contributed by atoms with Crippen molar-refractivity contribution in [3.63, 3.8) is 0 Å². The third-order valence-electron chi connectivity index (χ3n) is 5.67. The van der Waals surface area contributed by atoms with Gasteiger partial charge < -0.3 is 5.32 Å². The summed E-state index contributed by atoms with van der Waals surface area (Å²) in [5.41, 5.74) is 5.19. The summed E-state index contributed by atoms with van der Waals surface area (Å²) in [6.45, 7) is 9.41. The molecule has 2 heterocycles. The zero-order valence-electron chi connectivity index (χ0n) is 18.3. The van der Waals surface area contributed by atoms with Crippen LogP contribution in [0.1, 0.15) is 35.5 Å². The number of anilines is 1. The molecule has 0 spiro atoms. The summed E-state index contributed by atoms with van der Waals surface area (Å²) in [7, 11) is 0. The van der Waals surface area contributed by atoms with Crippen molar-refractivity contribution in [3.8, 4) is 5.69 Å². The first-order valence-electron chi connectivity index (χ1n) is 10.2. The number of rotatable bonds is 4. The molecule has 0 aliphatic carbocycles. The number of carbonyl (C=O) groups is 1. The van der Waals surface area contributed by atoms with Crippen LogP contribution in [0.15, 0.2) is 53.3 Å². The molecule has 0 fully saturated rings. The Hall–Kier alpha value is -3.74. The van der Waals surface area contributed by atoms with Crippen molar-refractivity contribution in [2.24, 2.45) is 0 Å². The Morgan fingerprint density at radius 2 is 1.68 bits per heavy atom. The van der Waals surface area contributed by atoms with E-state index in [0.29, 0.717) is 22.3 Å². The predicted molar refractivity (Wildman–Crippen MR) is 122 cm³/mol. The van der Waals surface area contributed by atoms with E-state index in [1.807, 2.05) is 76.2 Å². The quantitative estimate of drug-likeness (QED) is 0.546. The molecule has 1 atom stereocenters. The molecule has 0 radical (unpaired) electrons. The van der Waals surface area contributed by atoms with Crippen LogP contribution in [0.3, 0.4) is 0 Å². The van der Waals surface area contributed by atoms with E-state index < -0.39 is 6.04 Å². The number of benzene rings is 2. The minimum absolute atomic E-state index is 0.305. The normalized spacial score (nSPS) is 12.2. The molecular formula is C24H25N5O2. The Morgan fingerprint density at radius 3 is 2.35 bits per heavy atom. The van der Waals surface area contributed by atoms with E-state index in [1.54, 1.807) is 11.6 Å². The van der Waals surface area contributed by atoms with Gasteiger partial charge in [0.05, 0.1) is 22.5 Å². The minimum Gasteiger partial charge on any atom is -0.324 e. The van der Waals surface area contributed by atoms with Gasteiger partial charge in [0.1, 0.15) is 6.04 Å². The van der Waals surface area contributed by atoms with Crippen molar-refractivity contribution >= 4 is 22.5 Å². The van der Waals surface area contributed by atoms with E-state index in [9.17, 15) is 9.59 Å². The molecule has 0 aliphatic heterocycles. The van der Waals surface area contributed by atoms with Gasteiger partial charge in [-0.25, -0.2) is 9.36 Å². The Bertz CT molecular complexity index is 1350. The number of aromatic nitrogens is 4. The lowest BCUT2D eigenvalue weighted by molar-refractivity contribution is -0.119. The van der Waals surface area contributed by atoms with Crippen LogP contribution in [0.25, 0.3) is 16.6 Å². The van der Waals surface area contributed by atoms with E-state index in [4.69, 9.17) is 0 Å². The molecule has 4 aromatic rings. The minimum atomic E-state index is -0.792. The van der Waals surface area contributed by atoms with Crippen LogP contribution in [0.5, 0.6) is 0 Å². The monoisotopic (exact) mass is 415 g/mol. The van der Waals surface area contributed by atoms with Crippen molar-refractivity contribution in [1.82, 2.24) is 19.6 Å². The number of amides is 1. The predicted octanol–water partition coefficient (Wildman–Crippen LogP) is 4.02. The maximum Gasteiger partial charge on any atom is 0.295 e. The summed E-state index contributed by atoms with van der Waals surface area (Å²) >= 11 is 0. The number of fused-ring (bicyclic) bond motifs is 1. The second-order valence-electron chi connectivity index (χ2n) is 7.86. The molecule has 0 bridgehead atoms. The fourth-order valence-electron chi connectivity index (χ4n) is 3.71. The fourth-order valence-corrected chi connectivity index (χ4v) is 3.71. The third kappa shape index (κ3) is 3.63. The highest BCUT2D eigenvalue weighted by Gasteiger charge is 2.23. The smallest absolute Gasteiger partial charge is 0.295 e. The first-order valence-corrected chi connectivity index (χ1v) is 10.2. The van der Waals surface area contributed by atoms with E-state index >= 15 is 0 Å². The van der Waals surface area contributed by atoms with Crippen molar-refractivity contribution in [2.45, 2.75) is 40.7 Å². The maximum atomic E-state index is 13.2. The standard InChI is InChI=1S/C24H25N5O2/c1-14-11-12-19(13-15(14)2)25-23(30)18(5)29-24(31)22-21(16(3)26-29)17(4)28(27-22)20-9-7-6-8-10-20/h6-13,18H,1-5H3,(H,25,30). The van der Waals surface area contributed by atoms with E-state index in [0.717, 1.165) is 22.5 Å². The summed E-state index contributed by atoms with van der Waals surface area (Å²) in [6, 6.07) is 14.6. The molecule has 1 N–H and O–H groups in total. The molecule has 2 aromatic heterocycles. The first kappa shape index (κ1) is 20.5. The average molecular weight is 415 g/mol. The number of aryl methyl sites for hydroxylation is 4. The SMILES string of the molecule is Cc1ccc(NC(=O)C(C)n2nc(C)c3c(C)n(-c4ccccc4)nc3c2=O)cc1C. The van der Waals surface area contributed by atoms with Crippen molar-refractivity contribution in [1.29, 1.82) is 0 Å². The lowest BCUT2D eigenvalue weighted by atomic mass is 10.1. The van der Waals surface area contributed by atoms with Crippen molar-refractivity contribution in [3.05, 3.63) is 81.4 Å². The van der Waals surface area contributed by atoms with E-state index in [2.05, 4.69) is 15.5 Å². The molecule has 1 amide bonds. The summed E-state index contributed by atoms with van der Waals surface area (Å²) in [5, 5.41) is 12.6. The van der Waals surface area contributed by atoms with E-state index in [1.165, 1.54) is 4.68 Å². The molecule has 0 saturated carbocycles. The highest BCUT2D eigenvalue weighted by atomic mass is 16.2. The van der Waals surface area contributed by atoms with Gasteiger partial charge in [-0.15, -0.1) is 0 Å². The highest BCUT2D eigenvalue weighted by molar-refractivity contribution is 5.93. The van der Waals surface area contributed by atoms with Gasteiger partial charge in [0.2, 0.25) is 5.91 Å². The Morgan fingerprint density at radius 1 is 0.968 bits per heavy atom. The Balaban J connectivity index is 1.74. The Kier molecular flexibility index (Phi) is 5.19. The molecule has 1 unspecified atom stereocenters. The van der Waals surface area contributed by atoms with Gasteiger partial charge >= 0.3 is 0 Å². The van der Waals surface area contributed by atoms with Gasteiger partial charge in [-0.2, -0.15) is 10.2 Å². The molecule has 31 heavy (non-hydrogen) atoms. The second kappa shape index (κ2) is 7.83. The van der Waals surface area contributed by atoms with Crippen LogP contribution >= 0.6 is 0 Å². The molecule has 7 heteroatoms. The summed E-state index contributed by atoms with van der Waals surface area (Å²) in [6.07, 6.45) is 0. The zero-order chi connectivity index (χ0) is 22.3. The van der Waals surface area contributed by atoms with Crippen LogP contribution < -0.4 is 10.9 Å². The van der Waals surface area contributed by atoms with Gasteiger partial charge in [0, 0.05) is 5.69 Å². The second-order valence-corrected chi connectivity index (χ2v) is 7.86. The zero-order valence-corrected chi connectivity index (χ0v) is 18.3. The average Bonchev–Trinajstić information content (AvgIpc) is 3.11. The molecule has 158 valence electrons. The van der Waals surface area contributed by atoms with Crippen LogP contribution in [0.2, 0.25) is 0 Å². The number of para-hydroxylation sites is 1. The van der Waals surface area contributed by atoms with Crippen LogP contribution in [-0.4, -0.2) is 25.5 Å². The molecule has 7 nitrogen and oxygen atoms in total. The lowest BCUT2D eigenvalue weighted by Crippen LogP contribution is -2.34. The topological polar surface area (TPSA) is 81.8 Å². The highest BCUT2D eigenvalue weighted by Crippen LogP contribution is 2.22. The number of carbonyl (C=O) groups excluding carboxylic acids is 1. The van der Waals surface area contributed by atoms with Gasteiger partial charge in [0.25, 0.3) is 5.56 Å². The summed E-state index contributed by atoms with van der Waals surface area (Å²) < 4.78 is 2.96. The number of hydrogen-bond acceptors (Lipinski definition) is 4. The molecule has 0 saturated heterocycles. The Labute approximate surface area is 180 Å². The number of nitrogens with one attached hydrogen (secondary N) is 1. The third-order valence-corrected chi connectivity index (χ3v) is 5.67. The molecule has 2 aromatic carbocycles. The summed E-state index contributed by atoms with van der Waals surface area (Å²) in [4.78, 5) is 26.1. The molecule has 0 aliphatic rings. The maximum absolute atomic E-state index is 13.2. The van der Waals surface area contributed by atoms with Gasteiger partial charge in [-0.1, -0.05) is 24.3 Å². The van der Waals surface area contributed by atoms with Crippen LogP contribution in [0.4, 0.5) is 5.69 Å². The summed E-state index contributed by atoms with van der Waals surface area (Å²) in [5.74, 6) is -0.309. The van der Waals surface area contributed by atoms with Gasteiger partial charge in [0.15, 0.2) is 5.52 Å². The van der Waals surface area contributed by atoms with E-state index in [-0.39, 0.29) is 11.5 Å². The van der Waals surface area contributed by atoms with Crippen molar-refractivity contribution < 1.29 is 4.79 Å². The van der Waals surface area contributed by atoms with Crippen LogP contribution in [0, 0.1) is 27.7 Å². The van der Waals surface area contributed by atoms with Gasteiger partial charge in [-0.05, 0) is 70.0 Å². The van der Waals surface area contributed by atoms with Crippen molar-refractivity contribution in [2.75, 3.05) is 5.32 Å². The first-order chi connectivity index (χ1) is 14.8. The van der Waals surface area contributed by atoms with Gasteiger partial charge in [-0.3, -0.25) is 9.59 Å². The largest absolute Gasteiger partial charge is 0.324 e. The van der Waals surface area contributed by atoms with Crippen LogP contribution in [-0.2, 0) is 4.79 Å². The number of nitrogens with zero attached hydrogens (tertiary/aromatic N) is 4. The lowest BCUT2D eigenvalue weighted by Gasteiger charge is -2.15. The molecular weight excluding hydrogens is 390 g/mol. The number of hydrogen-bond donors (Lipinski definition) is 1.